The summed E-state index contributed by atoms with van der Waals surface area (Å²) in [4.78, 5) is 14.2. The normalized spacial score (nSPS) is 21.2. The molecule has 0 saturated carbocycles. The fraction of sp³-hybridized carbons (Fsp3) is 0.562. The van der Waals surface area contributed by atoms with E-state index in [0.717, 1.165) is 31.6 Å². The lowest BCUT2D eigenvalue weighted by Gasteiger charge is -2.36. The van der Waals surface area contributed by atoms with Gasteiger partial charge in [0.1, 0.15) is 12.4 Å². The molecule has 1 unspecified atom stereocenters. The van der Waals surface area contributed by atoms with E-state index >= 15 is 0 Å². The van der Waals surface area contributed by atoms with Crippen LogP contribution in [-0.4, -0.2) is 43.1 Å². The van der Waals surface area contributed by atoms with Gasteiger partial charge in [-0.1, -0.05) is 18.2 Å². The van der Waals surface area contributed by atoms with Crippen LogP contribution in [0, 0.1) is 0 Å². The Bertz CT molecular complexity index is 433. The van der Waals surface area contributed by atoms with E-state index in [2.05, 4.69) is 5.32 Å². The summed E-state index contributed by atoms with van der Waals surface area (Å²) in [6.45, 7) is 4.05. The second kappa shape index (κ2) is 8.25. The molecule has 1 fully saturated rings. The quantitative estimate of drug-likeness (QED) is 0.908. The number of benzene rings is 1. The molecule has 1 aromatic carbocycles. The Balaban J connectivity index is 0.00000220. The van der Waals surface area contributed by atoms with Crippen LogP contribution < -0.4 is 10.1 Å². The van der Waals surface area contributed by atoms with Crippen LogP contribution in [0.1, 0.15) is 26.2 Å². The molecule has 4 nitrogen and oxygen atoms in total. The van der Waals surface area contributed by atoms with Crippen molar-refractivity contribution in [3.05, 3.63) is 30.3 Å². The zero-order chi connectivity index (χ0) is 14.4. The number of piperidine rings is 1. The summed E-state index contributed by atoms with van der Waals surface area (Å²) in [5, 5.41) is 3.35. The predicted octanol–water partition coefficient (Wildman–Crippen LogP) is 2.48. The molecule has 1 aromatic rings. The maximum Gasteiger partial charge on any atom is 0.242 e. The maximum absolute atomic E-state index is 12.5. The third kappa shape index (κ3) is 4.90. The zero-order valence-corrected chi connectivity index (χ0v) is 13.6. The van der Waals surface area contributed by atoms with E-state index in [1.807, 2.05) is 44.3 Å². The highest BCUT2D eigenvalue weighted by Crippen LogP contribution is 2.20. The van der Waals surface area contributed by atoms with Crippen LogP contribution in [0.4, 0.5) is 0 Å². The standard InChI is InChI=1S/C16H24N2O2.ClH/c1-16(10-6-7-11-17-16)15(19)18(2)12-13-20-14-8-4-3-5-9-14;/h3-5,8-9,17H,6-7,10-13H2,1-2H3;1H. The van der Waals surface area contributed by atoms with Crippen molar-refractivity contribution in [2.75, 3.05) is 26.7 Å². The zero-order valence-electron chi connectivity index (χ0n) is 12.8. The van der Waals surface area contributed by atoms with E-state index in [-0.39, 0.29) is 18.3 Å². The van der Waals surface area contributed by atoms with E-state index in [0.29, 0.717) is 13.2 Å². The first kappa shape index (κ1) is 17.8. The average Bonchev–Trinajstić information content (AvgIpc) is 2.48. The molecule has 1 N–H and O–H groups in total. The van der Waals surface area contributed by atoms with Crippen molar-refractivity contribution in [1.29, 1.82) is 0 Å². The van der Waals surface area contributed by atoms with Crippen molar-refractivity contribution in [2.45, 2.75) is 31.7 Å². The van der Waals surface area contributed by atoms with E-state index in [4.69, 9.17) is 4.74 Å². The fourth-order valence-corrected chi connectivity index (χ4v) is 2.58. The van der Waals surface area contributed by atoms with Crippen LogP contribution in [0.25, 0.3) is 0 Å². The summed E-state index contributed by atoms with van der Waals surface area (Å²) in [5.41, 5.74) is -0.403. The third-order valence-electron chi connectivity index (χ3n) is 3.88. The van der Waals surface area contributed by atoms with Crippen LogP contribution >= 0.6 is 12.4 Å². The first-order valence-corrected chi connectivity index (χ1v) is 7.30. The number of hydrogen-bond donors (Lipinski definition) is 1. The molecule has 5 heteroatoms. The van der Waals surface area contributed by atoms with Gasteiger partial charge in [-0.15, -0.1) is 12.4 Å². The van der Waals surface area contributed by atoms with Crippen molar-refractivity contribution in [3.8, 4) is 5.75 Å². The van der Waals surface area contributed by atoms with Crippen molar-refractivity contribution in [2.24, 2.45) is 0 Å². The van der Waals surface area contributed by atoms with Crippen LogP contribution in [0.3, 0.4) is 0 Å². The van der Waals surface area contributed by atoms with Gasteiger partial charge in [0.05, 0.1) is 12.1 Å². The molecule has 21 heavy (non-hydrogen) atoms. The highest BCUT2D eigenvalue weighted by atomic mass is 35.5. The molecule has 0 aliphatic carbocycles. The van der Waals surface area contributed by atoms with Gasteiger partial charge in [-0.05, 0) is 44.9 Å². The van der Waals surface area contributed by atoms with E-state index < -0.39 is 5.54 Å². The Morgan fingerprint density at radius 1 is 1.33 bits per heavy atom. The van der Waals surface area contributed by atoms with Gasteiger partial charge in [0.25, 0.3) is 0 Å². The summed E-state index contributed by atoms with van der Waals surface area (Å²) in [6, 6.07) is 9.68. The number of ether oxygens (including phenoxy) is 1. The summed E-state index contributed by atoms with van der Waals surface area (Å²) in [6.07, 6.45) is 3.18. The van der Waals surface area contributed by atoms with Crippen LogP contribution in [-0.2, 0) is 4.79 Å². The number of likely N-dealkylation sites (N-methyl/N-ethyl adjacent to an activating group) is 1. The number of amides is 1. The van der Waals surface area contributed by atoms with Crippen molar-refractivity contribution < 1.29 is 9.53 Å². The smallest absolute Gasteiger partial charge is 0.242 e. The number of para-hydroxylation sites is 1. The Hall–Kier alpha value is -1.26. The first-order chi connectivity index (χ1) is 9.62. The van der Waals surface area contributed by atoms with Crippen molar-refractivity contribution >= 4 is 18.3 Å². The minimum absolute atomic E-state index is 0. The van der Waals surface area contributed by atoms with Gasteiger partial charge in [-0.3, -0.25) is 4.79 Å². The first-order valence-electron chi connectivity index (χ1n) is 7.30. The van der Waals surface area contributed by atoms with Crippen LogP contribution in [0.15, 0.2) is 30.3 Å². The lowest BCUT2D eigenvalue weighted by Crippen LogP contribution is -2.57. The Morgan fingerprint density at radius 2 is 2.05 bits per heavy atom. The van der Waals surface area contributed by atoms with Gasteiger partial charge < -0.3 is 15.0 Å². The van der Waals surface area contributed by atoms with E-state index in [9.17, 15) is 4.79 Å². The molecule has 0 aromatic heterocycles. The molecule has 0 spiro atoms. The summed E-state index contributed by atoms with van der Waals surface area (Å²) in [7, 11) is 1.85. The van der Waals surface area contributed by atoms with Gasteiger partial charge >= 0.3 is 0 Å². The second-order valence-corrected chi connectivity index (χ2v) is 5.60. The molecule has 1 aliphatic rings. The molecular formula is C16H25ClN2O2. The van der Waals surface area contributed by atoms with Crippen molar-refractivity contribution in [1.82, 2.24) is 10.2 Å². The van der Waals surface area contributed by atoms with Gasteiger partial charge in [0.15, 0.2) is 0 Å². The molecule has 118 valence electrons. The largest absolute Gasteiger partial charge is 0.492 e. The number of halogens is 1. The summed E-state index contributed by atoms with van der Waals surface area (Å²) in [5.74, 6) is 1.00. The van der Waals surface area contributed by atoms with Gasteiger partial charge in [0.2, 0.25) is 5.91 Å². The Morgan fingerprint density at radius 3 is 2.67 bits per heavy atom. The minimum atomic E-state index is -0.403. The number of carbonyl (C=O) groups excluding carboxylic acids is 1. The number of nitrogens with zero attached hydrogens (tertiary/aromatic N) is 1. The molecule has 1 saturated heterocycles. The topological polar surface area (TPSA) is 41.6 Å². The molecule has 1 aliphatic heterocycles. The van der Waals surface area contributed by atoms with Gasteiger partial charge in [-0.25, -0.2) is 0 Å². The number of hydrogen-bond acceptors (Lipinski definition) is 3. The summed E-state index contributed by atoms with van der Waals surface area (Å²) < 4.78 is 5.63. The fourth-order valence-electron chi connectivity index (χ4n) is 2.58. The third-order valence-corrected chi connectivity index (χ3v) is 3.88. The molecule has 1 atom stereocenters. The average molecular weight is 313 g/mol. The van der Waals surface area contributed by atoms with Gasteiger partial charge in [0, 0.05) is 7.05 Å². The number of rotatable bonds is 5. The van der Waals surface area contributed by atoms with Gasteiger partial charge in [-0.2, -0.15) is 0 Å². The van der Waals surface area contributed by atoms with Crippen LogP contribution in [0.5, 0.6) is 5.75 Å². The van der Waals surface area contributed by atoms with Crippen LogP contribution in [0.2, 0.25) is 0 Å². The highest BCUT2D eigenvalue weighted by molar-refractivity contribution is 5.86. The lowest BCUT2D eigenvalue weighted by atomic mass is 9.89. The molecule has 0 radical (unpaired) electrons. The predicted molar refractivity (Wildman–Crippen MR) is 87.1 cm³/mol. The second-order valence-electron chi connectivity index (χ2n) is 5.60. The molecule has 0 bridgehead atoms. The Kier molecular flexibility index (Phi) is 6.99. The minimum Gasteiger partial charge on any atom is -0.492 e. The lowest BCUT2D eigenvalue weighted by molar-refractivity contribution is -0.137. The SMILES string of the molecule is CN(CCOc1ccccc1)C(=O)C1(C)CCCCN1.Cl. The Labute approximate surface area is 133 Å². The number of nitrogens with one attached hydrogen (secondary N) is 1. The maximum atomic E-state index is 12.5. The summed E-state index contributed by atoms with van der Waals surface area (Å²) >= 11 is 0. The van der Waals surface area contributed by atoms with E-state index in [1.54, 1.807) is 4.90 Å². The monoisotopic (exact) mass is 312 g/mol. The molecular weight excluding hydrogens is 288 g/mol. The molecule has 2 rings (SSSR count). The highest BCUT2D eigenvalue weighted by Gasteiger charge is 2.36. The molecule has 1 amide bonds. The molecule has 1 heterocycles. The van der Waals surface area contributed by atoms with E-state index in [1.165, 1.54) is 0 Å². The number of carbonyl (C=O) groups is 1. The van der Waals surface area contributed by atoms with Crippen molar-refractivity contribution in [3.63, 3.8) is 0 Å².